The molecule has 2 aromatic carbocycles. The van der Waals surface area contributed by atoms with Crippen LogP contribution in [0.25, 0.3) is 21.9 Å². The van der Waals surface area contributed by atoms with Crippen LogP contribution in [-0.4, -0.2) is 81.7 Å². The summed E-state index contributed by atoms with van der Waals surface area (Å²) in [7, 11) is -2.22. The minimum absolute atomic E-state index is 0.0124. The Labute approximate surface area is 359 Å². The van der Waals surface area contributed by atoms with Crippen LogP contribution < -0.4 is 10.9 Å². The van der Waals surface area contributed by atoms with E-state index in [-0.39, 0.29) is 28.6 Å². The molecule has 12 nitrogen and oxygen atoms in total. The highest BCUT2D eigenvalue weighted by molar-refractivity contribution is 7.12. The number of pyridine rings is 1. The number of esters is 1. The predicted molar refractivity (Wildman–Crippen MR) is 240 cm³/mol. The van der Waals surface area contributed by atoms with Crippen LogP contribution in [0.5, 0.6) is 5.75 Å². The normalized spacial score (nSPS) is 16.2. The average Bonchev–Trinajstić information content (AvgIpc) is 4.06. The number of aromatic hydroxyl groups is 1. The Kier molecular flexibility index (Phi) is 12.2. The first-order valence-electron chi connectivity index (χ1n) is 21.1. The molecule has 0 spiro atoms. The minimum atomic E-state index is -2.22. The highest BCUT2D eigenvalue weighted by atomic mass is 32.1. The van der Waals surface area contributed by atoms with E-state index in [2.05, 4.69) is 70.1 Å². The van der Waals surface area contributed by atoms with E-state index in [1.165, 1.54) is 45.4 Å². The molecule has 1 atom stereocenters. The number of carbonyl (C=O) groups excluding carboxylic acids is 1. The highest BCUT2D eigenvalue weighted by Gasteiger charge is 2.45. The van der Waals surface area contributed by atoms with Crippen molar-refractivity contribution < 1.29 is 24.2 Å². The van der Waals surface area contributed by atoms with Gasteiger partial charge in [0.25, 0.3) is 0 Å². The number of phenols is 1. The maximum Gasteiger partial charge on any atom is 0.349 e. The number of nitrogens with one attached hydrogen (secondary N) is 2. The van der Waals surface area contributed by atoms with Gasteiger partial charge < -0.3 is 34.6 Å². The number of piperidine rings is 1. The molecule has 0 saturated carbocycles. The van der Waals surface area contributed by atoms with Gasteiger partial charge in [-0.2, -0.15) is 0 Å². The number of aromatic amines is 1. The van der Waals surface area contributed by atoms with Crippen molar-refractivity contribution in [3.63, 3.8) is 0 Å². The number of aryl methyl sites for hydroxylation is 2. The fourth-order valence-corrected chi connectivity index (χ4v) is 11.5. The van der Waals surface area contributed by atoms with Crippen molar-refractivity contribution in [2.75, 3.05) is 26.2 Å². The van der Waals surface area contributed by atoms with Gasteiger partial charge in [0, 0.05) is 44.2 Å². The average molecular weight is 869 g/mol. The summed E-state index contributed by atoms with van der Waals surface area (Å²) in [5.41, 5.74) is 5.35. The molecule has 1 saturated heterocycles. The van der Waals surface area contributed by atoms with Crippen LogP contribution in [0.2, 0.25) is 18.1 Å². The number of benzene rings is 2. The molecule has 15 heteroatoms. The summed E-state index contributed by atoms with van der Waals surface area (Å²) >= 11 is 2.71. The lowest BCUT2D eigenvalue weighted by Crippen LogP contribution is -2.43. The number of hydrogen-bond acceptors (Lipinski definition) is 12. The molecule has 5 heterocycles. The van der Waals surface area contributed by atoms with E-state index in [1.807, 2.05) is 29.0 Å². The van der Waals surface area contributed by atoms with E-state index in [9.17, 15) is 19.8 Å². The smallest absolute Gasteiger partial charge is 0.349 e. The van der Waals surface area contributed by atoms with Crippen molar-refractivity contribution in [3.8, 4) is 5.75 Å². The van der Waals surface area contributed by atoms with Crippen molar-refractivity contribution >= 4 is 58.9 Å². The number of fused-ring (bicyclic) bond motifs is 4. The second-order valence-electron chi connectivity index (χ2n) is 17.8. The summed E-state index contributed by atoms with van der Waals surface area (Å²) in [5.74, 6) is -0.560. The van der Waals surface area contributed by atoms with Gasteiger partial charge in [-0.15, -0.1) is 27.8 Å². The van der Waals surface area contributed by atoms with Gasteiger partial charge >= 0.3 is 5.97 Å². The van der Waals surface area contributed by atoms with Crippen molar-refractivity contribution in [1.29, 1.82) is 0 Å². The second-order valence-corrected chi connectivity index (χ2v) is 24.4. The maximum absolute atomic E-state index is 13.5. The number of carbonyl (C=O) groups is 1. The first-order chi connectivity index (χ1) is 28.7. The zero-order valence-electron chi connectivity index (χ0n) is 35.1. The third-order valence-electron chi connectivity index (χ3n) is 12.8. The summed E-state index contributed by atoms with van der Waals surface area (Å²) in [4.78, 5) is 32.1. The molecule has 1 aliphatic heterocycles. The van der Waals surface area contributed by atoms with E-state index in [0.717, 1.165) is 86.7 Å². The lowest BCUT2D eigenvalue weighted by molar-refractivity contribution is -0.169. The summed E-state index contributed by atoms with van der Waals surface area (Å²) in [6.45, 7) is 15.7. The van der Waals surface area contributed by atoms with Gasteiger partial charge in [-0.3, -0.25) is 4.79 Å². The van der Waals surface area contributed by atoms with Crippen molar-refractivity contribution in [1.82, 2.24) is 30.2 Å². The number of ether oxygens (including phenoxy) is 1. The Morgan fingerprint density at radius 3 is 2.42 bits per heavy atom. The fourth-order valence-electron chi connectivity index (χ4n) is 8.51. The van der Waals surface area contributed by atoms with Crippen molar-refractivity contribution in [3.05, 3.63) is 108 Å². The molecule has 4 N–H and O–H groups in total. The van der Waals surface area contributed by atoms with Gasteiger partial charge in [0.1, 0.15) is 17.4 Å². The van der Waals surface area contributed by atoms with E-state index in [1.54, 1.807) is 24.3 Å². The molecular weight excluding hydrogens is 813 g/mol. The zero-order chi connectivity index (χ0) is 42.2. The summed E-state index contributed by atoms with van der Waals surface area (Å²) in [6.07, 6.45) is 4.96. The highest BCUT2D eigenvalue weighted by Crippen LogP contribution is 2.42. The van der Waals surface area contributed by atoms with Crippen LogP contribution in [0.15, 0.2) is 70.2 Å². The SMILES string of the molecule is CC(C)(C)[Si](C)(C)OC(CNCc1cc2nnn(CCCN3CCC(OC(=O)C(O)(c4cccs4)c4cccs4)CC3)c2c2c1CCC2)c1ccc(O)c2[nH]c(=O)ccc12. The maximum atomic E-state index is 13.5. The first kappa shape index (κ1) is 42.5. The van der Waals surface area contributed by atoms with Gasteiger partial charge in [0.15, 0.2) is 8.32 Å². The molecule has 1 aliphatic carbocycles. The number of phenolic OH excluding ortho intramolecular Hbond substituents is 1. The molecule has 0 bridgehead atoms. The van der Waals surface area contributed by atoms with Gasteiger partial charge in [-0.25, -0.2) is 9.48 Å². The van der Waals surface area contributed by atoms with Crippen LogP contribution in [0.4, 0.5) is 0 Å². The quantitative estimate of drug-likeness (QED) is 0.0595. The fraction of sp³-hybridized carbons (Fsp3) is 0.467. The first-order valence-corrected chi connectivity index (χ1v) is 25.7. The second kappa shape index (κ2) is 17.3. The van der Waals surface area contributed by atoms with Gasteiger partial charge in [0.05, 0.1) is 26.9 Å². The number of thiophene rings is 2. The standard InChI is InChI=1S/C45H56N6O6S2Si/c1-44(2,3)60(4,5)57-37(32-14-16-36(52)41-33(32)15-17-40(53)47-41)28-46-27-29-26-35-42(34-11-6-10-31(29)34)51(49-48-35)21-9-20-50-22-18-30(19-23-50)56-43(54)45(55,38-12-7-24-58-38)39-13-8-25-59-39/h7-8,12-17,24-26,30,37,46,52,55H,6,9-11,18-23,27-28H2,1-5H3,(H,47,53). The number of likely N-dealkylation sites (tertiary alicyclic amines) is 1. The molecule has 4 aromatic heterocycles. The minimum Gasteiger partial charge on any atom is -0.506 e. The molecule has 60 heavy (non-hydrogen) atoms. The van der Waals surface area contributed by atoms with E-state index in [4.69, 9.17) is 9.16 Å². The Balaban J connectivity index is 0.897. The summed E-state index contributed by atoms with van der Waals surface area (Å²) in [6, 6.07) is 16.3. The van der Waals surface area contributed by atoms with Gasteiger partial charge in [-0.05, 0) is 127 Å². The number of hydrogen-bond donors (Lipinski definition) is 4. The zero-order valence-corrected chi connectivity index (χ0v) is 37.8. The lowest BCUT2D eigenvalue weighted by Gasteiger charge is -2.39. The molecule has 6 aromatic rings. The van der Waals surface area contributed by atoms with E-state index >= 15 is 0 Å². The van der Waals surface area contributed by atoms with Crippen LogP contribution in [-0.2, 0) is 45.5 Å². The van der Waals surface area contributed by atoms with Crippen LogP contribution in [0.1, 0.15) is 84.6 Å². The van der Waals surface area contributed by atoms with E-state index < -0.39 is 19.9 Å². The molecule has 0 radical (unpaired) electrons. The summed E-state index contributed by atoms with van der Waals surface area (Å²) in [5, 5.41) is 39.8. The number of nitrogens with zero attached hydrogens (tertiary/aromatic N) is 4. The Bertz CT molecular complexity index is 2470. The van der Waals surface area contributed by atoms with Crippen molar-refractivity contribution in [2.45, 2.75) is 108 Å². The topological polar surface area (TPSA) is 155 Å². The summed E-state index contributed by atoms with van der Waals surface area (Å²) < 4.78 is 15.1. The number of rotatable bonds is 15. The molecule has 8 rings (SSSR count). The molecule has 1 unspecified atom stereocenters. The van der Waals surface area contributed by atoms with E-state index in [0.29, 0.717) is 28.4 Å². The molecule has 0 amide bonds. The molecule has 318 valence electrons. The Morgan fingerprint density at radius 2 is 1.73 bits per heavy atom. The van der Waals surface area contributed by atoms with Crippen molar-refractivity contribution in [2.24, 2.45) is 0 Å². The predicted octanol–water partition coefficient (Wildman–Crippen LogP) is 7.78. The van der Waals surface area contributed by atoms with Gasteiger partial charge in [-0.1, -0.05) is 44.2 Å². The number of H-pyrrole nitrogens is 1. The lowest BCUT2D eigenvalue weighted by atomic mass is 9.99. The largest absolute Gasteiger partial charge is 0.506 e. The Morgan fingerprint density at radius 1 is 1.02 bits per heavy atom. The third-order valence-corrected chi connectivity index (χ3v) is 19.3. The molecular formula is C45H56N6O6S2Si. The van der Waals surface area contributed by atoms with Crippen LogP contribution >= 0.6 is 22.7 Å². The van der Waals surface area contributed by atoms with Crippen LogP contribution in [0, 0.1) is 0 Å². The van der Waals surface area contributed by atoms with Crippen LogP contribution in [0.3, 0.4) is 0 Å². The third kappa shape index (κ3) is 8.50. The number of aliphatic hydroxyl groups is 1. The molecule has 1 fully saturated rings. The monoisotopic (exact) mass is 868 g/mol. The number of aromatic nitrogens is 4. The Hall–Kier alpha value is -4.22. The molecule has 2 aliphatic rings. The van der Waals surface area contributed by atoms with Gasteiger partial charge in [0.2, 0.25) is 11.2 Å².